The van der Waals surface area contributed by atoms with Gasteiger partial charge in [0.1, 0.15) is 0 Å². The van der Waals surface area contributed by atoms with Crippen LogP contribution in [0.2, 0.25) is 0 Å². The Morgan fingerprint density at radius 2 is 2.10 bits per heavy atom. The van der Waals surface area contributed by atoms with Gasteiger partial charge in [-0.1, -0.05) is 6.07 Å². The van der Waals surface area contributed by atoms with E-state index in [1.165, 1.54) is 0 Å². The summed E-state index contributed by atoms with van der Waals surface area (Å²) >= 11 is 0. The second-order valence-corrected chi connectivity index (χ2v) is 4.69. The lowest BCUT2D eigenvalue weighted by Crippen LogP contribution is -2.41. The first-order valence-corrected chi connectivity index (χ1v) is 6.86. The average molecular weight is 292 g/mol. The summed E-state index contributed by atoms with van der Waals surface area (Å²) in [5.41, 5.74) is 2.18. The molecule has 114 valence electrons. The van der Waals surface area contributed by atoms with Crippen molar-refractivity contribution < 1.29 is 9.53 Å². The minimum absolute atomic E-state index is 0.128. The summed E-state index contributed by atoms with van der Waals surface area (Å²) in [4.78, 5) is 30.3. The number of nitrogens with one attached hydrogen (secondary N) is 3. The lowest BCUT2D eigenvalue weighted by atomic mass is 10.2. The summed E-state index contributed by atoms with van der Waals surface area (Å²) in [6, 6.07) is 5.41. The maximum absolute atomic E-state index is 12.0. The van der Waals surface area contributed by atoms with Gasteiger partial charge in [-0.15, -0.1) is 0 Å². The summed E-state index contributed by atoms with van der Waals surface area (Å²) in [5.74, 6) is 0. The minimum atomic E-state index is -0.233. The number of hydrogen-bond donors (Lipinski definition) is 3. The second-order valence-electron chi connectivity index (χ2n) is 4.69. The summed E-state index contributed by atoms with van der Waals surface area (Å²) in [6.45, 7) is 4.03. The third kappa shape index (κ3) is 3.85. The van der Waals surface area contributed by atoms with Crippen LogP contribution in [0.3, 0.4) is 0 Å². The van der Waals surface area contributed by atoms with Crippen molar-refractivity contribution in [2.24, 2.45) is 0 Å². The van der Waals surface area contributed by atoms with Crippen molar-refractivity contribution in [3.63, 3.8) is 0 Å². The molecule has 0 spiro atoms. The molecule has 0 saturated heterocycles. The molecule has 0 atom stereocenters. The maximum atomic E-state index is 12.0. The molecule has 0 radical (unpaired) electrons. The van der Waals surface area contributed by atoms with Gasteiger partial charge in [0.2, 0.25) is 0 Å². The highest BCUT2D eigenvalue weighted by Crippen LogP contribution is 2.10. The van der Waals surface area contributed by atoms with Gasteiger partial charge >= 0.3 is 11.7 Å². The zero-order chi connectivity index (χ0) is 15.2. The van der Waals surface area contributed by atoms with Crippen molar-refractivity contribution in [1.29, 1.82) is 0 Å². The fourth-order valence-corrected chi connectivity index (χ4v) is 2.08. The molecule has 1 aromatic carbocycles. The number of rotatable bonds is 6. The third-order valence-corrected chi connectivity index (χ3v) is 3.26. The van der Waals surface area contributed by atoms with Gasteiger partial charge < -0.3 is 24.9 Å². The van der Waals surface area contributed by atoms with Crippen molar-refractivity contribution in [2.75, 3.05) is 26.8 Å². The zero-order valence-corrected chi connectivity index (χ0v) is 12.2. The van der Waals surface area contributed by atoms with E-state index in [0.29, 0.717) is 26.2 Å². The van der Waals surface area contributed by atoms with E-state index in [-0.39, 0.29) is 11.7 Å². The van der Waals surface area contributed by atoms with E-state index in [4.69, 9.17) is 4.74 Å². The van der Waals surface area contributed by atoms with Gasteiger partial charge in [-0.25, -0.2) is 9.59 Å². The quantitative estimate of drug-likeness (QED) is 0.743. The minimum Gasteiger partial charge on any atom is -0.383 e. The molecule has 2 rings (SSSR count). The predicted octanol–water partition coefficient (Wildman–Crippen LogP) is 1.03. The normalized spacial score (nSPS) is 10.8. The van der Waals surface area contributed by atoms with Gasteiger partial charge in [0.05, 0.1) is 17.6 Å². The number of urea groups is 1. The van der Waals surface area contributed by atoms with Crippen LogP contribution in [0, 0.1) is 0 Å². The van der Waals surface area contributed by atoms with Crippen LogP contribution in [0.5, 0.6) is 0 Å². The molecule has 21 heavy (non-hydrogen) atoms. The first-order chi connectivity index (χ1) is 10.1. The van der Waals surface area contributed by atoms with Gasteiger partial charge in [0.15, 0.2) is 0 Å². The summed E-state index contributed by atoms with van der Waals surface area (Å²) < 4.78 is 4.98. The predicted molar refractivity (Wildman–Crippen MR) is 80.3 cm³/mol. The number of fused-ring (bicyclic) bond motifs is 1. The number of amides is 2. The Hall–Kier alpha value is -2.28. The smallest absolute Gasteiger partial charge is 0.323 e. The van der Waals surface area contributed by atoms with Crippen LogP contribution in [0.4, 0.5) is 4.79 Å². The lowest BCUT2D eigenvalue weighted by Gasteiger charge is -2.20. The number of ether oxygens (including phenoxy) is 1. The molecule has 2 aromatic rings. The topological polar surface area (TPSA) is 90.2 Å². The van der Waals surface area contributed by atoms with Crippen LogP contribution < -0.4 is 11.0 Å². The van der Waals surface area contributed by atoms with Crippen LogP contribution in [0.25, 0.3) is 11.0 Å². The molecular formula is C14H20N4O3. The number of carbonyl (C=O) groups excluding carboxylic acids is 1. The van der Waals surface area contributed by atoms with Crippen molar-refractivity contribution in [2.45, 2.75) is 13.5 Å². The largest absolute Gasteiger partial charge is 0.383 e. The Bertz CT molecular complexity index is 662. The van der Waals surface area contributed by atoms with Crippen molar-refractivity contribution in [1.82, 2.24) is 20.2 Å². The van der Waals surface area contributed by atoms with Crippen molar-refractivity contribution in [3.05, 3.63) is 34.2 Å². The van der Waals surface area contributed by atoms with E-state index in [1.54, 1.807) is 12.0 Å². The first-order valence-electron chi connectivity index (χ1n) is 6.86. The van der Waals surface area contributed by atoms with Crippen LogP contribution in [-0.4, -0.2) is 47.7 Å². The van der Waals surface area contributed by atoms with E-state index in [1.807, 2.05) is 25.1 Å². The van der Waals surface area contributed by atoms with Gasteiger partial charge in [0, 0.05) is 26.7 Å². The van der Waals surface area contributed by atoms with E-state index in [0.717, 1.165) is 16.6 Å². The van der Waals surface area contributed by atoms with Crippen LogP contribution >= 0.6 is 0 Å². The van der Waals surface area contributed by atoms with Crippen molar-refractivity contribution in [3.8, 4) is 0 Å². The molecule has 0 bridgehead atoms. The highest BCUT2D eigenvalue weighted by molar-refractivity contribution is 5.76. The first kappa shape index (κ1) is 15.1. The van der Waals surface area contributed by atoms with Gasteiger partial charge in [-0.2, -0.15) is 0 Å². The summed E-state index contributed by atoms with van der Waals surface area (Å²) in [5, 5.41) is 2.86. The SMILES string of the molecule is CCN(CCOC)C(=O)NCc1ccc2[nH]c(=O)[nH]c2c1. The molecule has 1 aromatic heterocycles. The standard InChI is InChI=1S/C14H20N4O3/c1-3-18(6-7-21-2)14(20)15-9-10-4-5-11-12(8-10)17-13(19)16-11/h4-5,8H,3,6-7,9H2,1-2H3,(H,15,20)(H2,16,17,19). The number of hydrogen-bond acceptors (Lipinski definition) is 3. The lowest BCUT2D eigenvalue weighted by molar-refractivity contribution is 0.151. The van der Waals surface area contributed by atoms with E-state index in [2.05, 4.69) is 15.3 Å². The Morgan fingerprint density at radius 1 is 1.33 bits per heavy atom. The molecule has 0 fully saturated rings. The Labute approximate surface area is 122 Å². The Balaban J connectivity index is 1.96. The summed E-state index contributed by atoms with van der Waals surface area (Å²) in [6.07, 6.45) is 0. The molecule has 7 heteroatoms. The molecule has 0 aliphatic heterocycles. The van der Waals surface area contributed by atoms with Crippen LogP contribution in [0.1, 0.15) is 12.5 Å². The van der Waals surface area contributed by atoms with Crippen molar-refractivity contribution >= 4 is 17.1 Å². The highest BCUT2D eigenvalue weighted by Gasteiger charge is 2.10. The molecule has 0 saturated carbocycles. The fourth-order valence-electron chi connectivity index (χ4n) is 2.08. The molecule has 0 aliphatic rings. The van der Waals surface area contributed by atoms with Crippen LogP contribution in [-0.2, 0) is 11.3 Å². The molecule has 7 nitrogen and oxygen atoms in total. The highest BCUT2D eigenvalue weighted by atomic mass is 16.5. The number of imidazole rings is 1. The molecule has 2 amide bonds. The monoisotopic (exact) mass is 292 g/mol. The van der Waals surface area contributed by atoms with E-state index < -0.39 is 0 Å². The molecule has 0 unspecified atom stereocenters. The van der Waals surface area contributed by atoms with Gasteiger partial charge in [-0.3, -0.25) is 0 Å². The van der Waals surface area contributed by atoms with Crippen LogP contribution in [0.15, 0.2) is 23.0 Å². The second kappa shape index (κ2) is 6.94. The number of aromatic amines is 2. The number of nitrogens with zero attached hydrogens (tertiary/aromatic N) is 1. The third-order valence-electron chi connectivity index (χ3n) is 3.26. The number of likely N-dealkylation sites (N-methyl/N-ethyl adjacent to an activating group) is 1. The Morgan fingerprint density at radius 3 is 2.81 bits per heavy atom. The van der Waals surface area contributed by atoms with E-state index in [9.17, 15) is 9.59 Å². The molecule has 3 N–H and O–H groups in total. The molecular weight excluding hydrogens is 272 g/mol. The van der Waals surface area contributed by atoms with Gasteiger partial charge in [0.25, 0.3) is 0 Å². The Kier molecular flexibility index (Phi) is 4.99. The number of benzene rings is 1. The molecule has 1 heterocycles. The summed E-state index contributed by atoms with van der Waals surface area (Å²) in [7, 11) is 1.61. The number of H-pyrrole nitrogens is 2. The maximum Gasteiger partial charge on any atom is 0.323 e. The number of aromatic nitrogens is 2. The molecule has 0 aliphatic carbocycles. The number of carbonyl (C=O) groups is 1. The zero-order valence-electron chi connectivity index (χ0n) is 12.2. The van der Waals surface area contributed by atoms with Gasteiger partial charge in [-0.05, 0) is 24.6 Å². The van der Waals surface area contributed by atoms with E-state index >= 15 is 0 Å². The fraction of sp³-hybridized carbons (Fsp3) is 0.429. The number of methoxy groups -OCH3 is 1. The average Bonchev–Trinajstić information content (AvgIpc) is 2.85.